The molecule has 4 fully saturated rings. The first-order valence-electron chi connectivity index (χ1n) is 7.75. The van der Waals surface area contributed by atoms with Crippen LogP contribution in [-0.2, 0) is 4.74 Å². The molecule has 0 aromatic carbocycles. The van der Waals surface area contributed by atoms with E-state index in [4.69, 9.17) is 9.15 Å². The molecule has 0 aliphatic heterocycles. The van der Waals surface area contributed by atoms with Gasteiger partial charge in [-0.05, 0) is 62.7 Å². The molecule has 0 spiro atoms. The molecule has 1 heterocycles. The third kappa shape index (κ3) is 1.86. The number of carbonyl (C=O) groups is 1. The van der Waals surface area contributed by atoms with E-state index in [-0.39, 0.29) is 5.89 Å². The van der Waals surface area contributed by atoms with Crippen molar-refractivity contribution in [2.75, 3.05) is 6.61 Å². The minimum absolute atomic E-state index is 0.00987. The number of ether oxygens (including phenoxy) is 1. The SMILES string of the molecule is CCOC(=O)c1nnc(C2C3CC4CC(C3)CC2C4)o1. The van der Waals surface area contributed by atoms with Crippen LogP contribution in [0.4, 0.5) is 0 Å². The molecule has 5 heteroatoms. The van der Waals surface area contributed by atoms with Crippen LogP contribution in [0.5, 0.6) is 0 Å². The molecular formula is C15H20N2O3. The summed E-state index contributed by atoms with van der Waals surface area (Å²) in [6.07, 6.45) is 6.63. The number of nitrogens with zero attached hydrogens (tertiary/aromatic N) is 2. The van der Waals surface area contributed by atoms with E-state index >= 15 is 0 Å². The lowest BCUT2D eigenvalue weighted by molar-refractivity contribution is -0.0121. The van der Waals surface area contributed by atoms with Gasteiger partial charge < -0.3 is 9.15 Å². The van der Waals surface area contributed by atoms with Crippen LogP contribution < -0.4 is 0 Å². The lowest BCUT2D eigenvalue weighted by Crippen LogP contribution is -2.43. The van der Waals surface area contributed by atoms with Crippen LogP contribution in [0, 0.1) is 23.7 Å². The second kappa shape index (κ2) is 4.57. The first kappa shape index (κ1) is 12.4. The smallest absolute Gasteiger partial charge is 0.396 e. The third-order valence-electron chi connectivity index (χ3n) is 5.40. The van der Waals surface area contributed by atoms with Gasteiger partial charge in [0.2, 0.25) is 5.89 Å². The fourth-order valence-electron chi connectivity index (χ4n) is 4.97. The Balaban J connectivity index is 1.57. The van der Waals surface area contributed by atoms with Crippen LogP contribution >= 0.6 is 0 Å². The summed E-state index contributed by atoms with van der Waals surface area (Å²) in [5.41, 5.74) is 0. The second-order valence-electron chi connectivity index (χ2n) is 6.62. The van der Waals surface area contributed by atoms with Crippen molar-refractivity contribution in [1.82, 2.24) is 10.2 Å². The largest absolute Gasteiger partial charge is 0.459 e. The Hall–Kier alpha value is -1.39. The fraction of sp³-hybridized carbons (Fsp3) is 0.800. The molecule has 1 aromatic rings. The zero-order valence-electron chi connectivity index (χ0n) is 11.7. The molecule has 108 valence electrons. The van der Waals surface area contributed by atoms with Gasteiger partial charge in [-0.2, -0.15) is 0 Å². The van der Waals surface area contributed by atoms with Crippen LogP contribution in [0.25, 0.3) is 0 Å². The number of hydrogen-bond donors (Lipinski definition) is 0. The van der Waals surface area contributed by atoms with Crippen LogP contribution in [0.1, 0.15) is 61.5 Å². The highest BCUT2D eigenvalue weighted by molar-refractivity contribution is 5.83. The fourth-order valence-corrected chi connectivity index (χ4v) is 4.97. The number of carbonyl (C=O) groups excluding carboxylic acids is 1. The van der Waals surface area contributed by atoms with Gasteiger partial charge in [0.15, 0.2) is 0 Å². The summed E-state index contributed by atoms with van der Waals surface area (Å²) in [5.74, 6) is 3.75. The van der Waals surface area contributed by atoms with Gasteiger partial charge in [0.05, 0.1) is 6.61 Å². The number of hydrogen-bond acceptors (Lipinski definition) is 5. The van der Waals surface area contributed by atoms with E-state index < -0.39 is 5.97 Å². The molecule has 5 rings (SSSR count). The topological polar surface area (TPSA) is 65.2 Å². The molecular weight excluding hydrogens is 256 g/mol. The highest BCUT2D eigenvalue weighted by atomic mass is 16.5. The van der Waals surface area contributed by atoms with E-state index in [1.54, 1.807) is 6.92 Å². The standard InChI is InChI=1S/C15H20N2O3/c1-2-19-15(18)14-17-16-13(20-14)12-10-4-8-3-9(6-10)7-11(12)5-8/h8-12H,2-7H2,1H3. The van der Waals surface area contributed by atoms with Gasteiger partial charge in [-0.1, -0.05) is 0 Å². The predicted molar refractivity (Wildman–Crippen MR) is 70.0 cm³/mol. The van der Waals surface area contributed by atoms with Crippen molar-refractivity contribution in [1.29, 1.82) is 0 Å². The van der Waals surface area contributed by atoms with E-state index in [0.29, 0.717) is 30.3 Å². The van der Waals surface area contributed by atoms with Crippen LogP contribution in [0.2, 0.25) is 0 Å². The van der Waals surface area contributed by atoms with Crippen LogP contribution in [-0.4, -0.2) is 22.8 Å². The number of esters is 1. The first-order chi connectivity index (χ1) is 9.74. The number of aromatic nitrogens is 2. The van der Waals surface area contributed by atoms with Gasteiger partial charge in [-0.25, -0.2) is 4.79 Å². The summed E-state index contributed by atoms with van der Waals surface area (Å²) in [7, 11) is 0. The van der Waals surface area contributed by atoms with Crippen molar-refractivity contribution in [2.24, 2.45) is 23.7 Å². The van der Waals surface area contributed by atoms with Crippen LogP contribution in [0.3, 0.4) is 0 Å². The van der Waals surface area contributed by atoms with Gasteiger partial charge in [-0.3, -0.25) is 0 Å². The van der Waals surface area contributed by atoms with Gasteiger partial charge in [-0.15, -0.1) is 10.2 Å². The van der Waals surface area contributed by atoms with Crippen molar-refractivity contribution in [3.8, 4) is 0 Å². The summed E-state index contributed by atoms with van der Waals surface area (Å²) < 4.78 is 10.5. The highest BCUT2D eigenvalue weighted by Gasteiger charge is 2.50. The Bertz CT molecular complexity index is 497. The second-order valence-corrected chi connectivity index (χ2v) is 6.62. The molecule has 4 aliphatic carbocycles. The summed E-state index contributed by atoms with van der Waals surface area (Å²) >= 11 is 0. The monoisotopic (exact) mass is 276 g/mol. The molecule has 0 radical (unpaired) electrons. The zero-order chi connectivity index (χ0) is 13.7. The molecule has 0 atom stereocenters. The maximum Gasteiger partial charge on any atom is 0.396 e. The van der Waals surface area contributed by atoms with E-state index in [9.17, 15) is 4.79 Å². The summed E-state index contributed by atoms with van der Waals surface area (Å²) in [6, 6.07) is 0. The van der Waals surface area contributed by atoms with Gasteiger partial charge >= 0.3 is 11.9 Å². The molecule has 4 aliphatic rings. The molecule has 0 amide bonds. The zero-order valence-corrected chi connectivity index (χ0v) is 11.7. The van der Waals surface area contributed by atoms with E-state index in [0.717, 1.165) is 11.8 Å². The quantitative estimate of drug-likeness (QED) is 0.794. The Morgan fingerprint density at radius 2 is 1.80 bits per heavy atom. The Kier molecular flexibility index (Phi) is 2.82. The summed E-state index contributed by atoms with van der Waals surface area (Å²) in [6.45, 7) is 2.10. The van der Waals surface area contributed by atoms with Gasteiger partial charge in [0.1, 0.15) is 0 Å². The molecule has 0 saturated heterocycles. The maximum absolute atomic E-state index is 11.6. The highest BCUT2D eigenvalue weighted by Crippen LogP contribution is 2.59. The lowest BCUT2D eigenvalue weighted by Gasteiger charge is -2.53. The van der Waals surface area contributed by atoms with Crippen molar-refractivity contribution in [3.05, 3.63) is 11.8 Å². The normalized spacial score (nSPS) is 38.1. The average Bonchev–Trinajstić information content (AvgIpc) is 2.87. The molecule has 1 aromatic heterocycles. The van der Waals surface area contributed by atoms with E-state index in [1.165, 1.54) is 32.1 Å². The van der Waals surface area contributed by atoms with E-state index in [1.807, 2.05) is 0 Å². The molecule has 4 saturated carbocycles. The van der Waals surface area contributed by atoms with Crippen molar-refractivity contribution in [2.45, 2.75) is 44.9 Å². The molecule has 5 nitrogen and oxygen atoms in total. The van der Waals surface area contributed by atoms with Crippen molar-refractivity contribution in [3.63, 3.8) is 0 Å². The van der Waals surface area contributed by atoms with Crippen LogP contribution in [0.15, 0.2) is 4.42 Å². The Morgan fingerprint density at radius 3 is 2.40 bits per heavy atom. The average molecular weight is 276 g/mol. The van der Waals surface area contributed by atoms with Gasteiger partial charge in [0, 0.05) is 5.92 Å². The lowest BCUT2D eigenvalue weighted by atomic mass is 9.52. The minimum Gasteiger partial charge on any atom is -0.459 e. The van der Waals surface area contributed by atoms with Gasteiger partial charge in [0.25, 0.3) is 0 Å². The maximum atomic E-state index is 11.6. The first-order valence-corrected chi connectivity index (χ1v) is 7.75. The molecule has 0 N–H and O–H groups in total. The molecule has 4 bridgehead atoms. The van der Waals surface area contributed by atoms with E-state index in [2.05, 4.69) is 10.2 Å². The molecule has 0 unspecified atom stereocenters. The summed E-state index contributed by atoms with van der Waals surface area (Å²) in [4.78, 5) is 11.6. The Morgan fingerprint density at radius 1 is 1.15 bits per heavy atom. The van der Waals surface area contributed by atoms with Crippen molar-refractivity contribution < 1.29 is 13.9 Å². The summed E-state index contributed by atoms with van der Waals surface area (Å²) in [5, 5.41) is 8.02. The Labute approximate surface area is 118 Å². The predicted octanol–water partition coefficient (Wildman–Crippen LogP) is 2.79. The number of rotatable bonds is 3. The van der Waals surface area contributed by atoms with Crippen molar-refractivity contribution >= 4 is 5.97 Å². The molecule has 20 heavy (non-hydrogen) atoms. The third-order valence-corrected chi connectivity index (χ3v) is 5.40. The minimum atomic E-state index is -0.505.